The predicted octanol–water partition coefficient (Wildman–Crippen LogP) is 4.01. The van der Waals surface area contributed by atoms with Crippen molar-refractivity contribution in [2.75, 3.05) is 7.11 Å². The van der Waals surface area contributed by atoms with Crippen LogP contribution in [-0.2, 0) is 17.5 Å². The van der Waals surface area contributed by atoms with Gasteiger partial charge in [0.25, 0.3) is 0 Å². The Morgan fingerprint density at radius 2 is 1.77 bits per heavy atom. The molecule has 0 N–H and O–H groups in total. The van der Waals surface area contributed by atoms with Gasteiger partial charge in [0.2, 0.25) is 11.6 Å². The van der Waals surface area contributed by atoms with Gasteiger partial charge >= 0.3 is 12.1 Å². The molecule has 1 heterocycles. The number of ether oxygens (including phenoxy) is 2. The Kier molecular flexibility index (Phi) is 4.75. The Balaban J connectivity index is 2.10. The summed E-state index contributed by atoms with van der Waals surface area (Å²) in [7, 11) is 1.17. The third-order valence-corrected chi connectivity index (χ3v) is 3.56. The zero-order chi connectivity index (χ0) is 18.7. The number of carbonyl (C=O) groups is 1. The lowest BCUT2D eigenvalue weighted by atomic mass is 10.1. The van der Waals surface area contributed by atoms with Crippen molar-refractivity contribution in [2.45, 2.75) is 12.8 Å². The summed E-state index contributed by atoms with van der Waals surface area (Å²) in [6.07, 6.45) is -4.76. The van der Waals surface area contributed by atoms with Crippen molar-refractivity contribution in [2.24, 2.45) is 0 Å². The van der Waals surface area contributed by atoms with Crippen LogP contribution in [0, 0.1) is 0 Å². The number of hydrogen-bond acceptors (Lipinski definition) is 5. The molecule has 2 aromatic carbocycles. The number of para-hydroxylation sites is 1. The zero-order valence-electron chi connectivity index (χ0n) is 13.6. The summed E-state index contributed by atoms with van der Waals surface area (Å²) < 4.78 is 50.0. The fraction of sp³-hybridized carbons (Fsp3) is 0.167. The first-order chi connectivity index (χ1) is 12.4. The lowest BCUT2D eigenvalue weighted by molar-refractivity contribution is -0.142. The van der Waals surface area contributed by atoms with Gasteiger partial charge in [-0.3, -0.25) is 0 Å². The number of halogens is 3. The number of esters is 1. The molecule has 0 unspecified atom stereocenters. The van der Waals surface area contributed by atoms with E-state index in [1.165, 1.54) is 25.3 Å². The first-order valence-electron chi connectivity index (χ1n) is 7.53. The normalized spacial score (nSPS) is 11.4. The third kappa shape index (κ3) is 3.58. The second-order valence-corrected chi connectivity index (χ2v) is 5.31. The predicted molar refractivity (Wildman–Crippen MR) is 86.7 cm³/mol. The number of hydrogen-bond donors (Lipinski definition) is 0. The summed E-state index contributed by atoms with van der Waals surface area (Å²) in [6.45, 7) is -0.121. The highest BCUT2D eigenvalue weighted by molar-refractivity contribution is 6.01. The number of methoxy groups -OCH3 is 1. The van der Waals surface area contributed by atoms with E-state index in [4.69, 9.17) is 4.74 Å². The molecule has 1 aromatic heterocycles. The average Bonchev–Trinajstić information content (AvgIpc) is 2.64. The highest BCUT2D eigenvalue weighted by Crippen LogP contribution is 2.35. The third-order valence-electron chi connectivity index (χ3n) is 3.56. The molecule has 0 spiro atoms. The van der Waals surface area contributed by atoms with Crippen molar-refractivity contribution >= 4 is 17.0 Å². The fourth-order valence-electron chi connectivity index (χ4n) is 2.35. The Hall–Kier alpha value is -3.16. The molecule has 0 aliphatic carbocycles. The lowest BCUT2D eigenvalue weighted by Gasteiger charge is -2.14. The number of carbonyl (C=O) groups excluding carboxylic acids is 1. The van der Waals surface area contributed by atoms with E-state index >= 15 is 0 Å². The SMILES string of the molecule is COC(=O)c1cccc2nc(C(F)(F)F)c(OCc3ccccc3)nc12. The van der Waals surface area contributed by atoms with E-state index in [9.17, 15) is 18.0 Å². The number of fused-ring (bicyclic) bond motifs is 1. The Morgan fingerprint density at radius 3 is 2.42 bits per heavy atom. The van der Waals surface area contributed by atoms with Gasteiger partial charge < -0.3 is 9.47 Å². The number of benzene rings is 2. The van der Waals surface area contributed by atoms with Gasteiger partial charge in [-0.25, -0.2) is 14.8 Å². The van der Waals surface area contributed by atoms with Crippen LogP contribution in [0.4, 0.5) is 13.2 Å². The smallest absolute Gasteiger partial charge is 0.438 e. The maximum Gasteiger partial charge on any atom is 0.438 e. The molecule has 0 saturated heterocycles. The van der Waals surface area contributed by atoms with Crippen LogP contribution < -0.4 is 4.74 Å². The second-order valence-electron chi connectivity index (χ2n) is 5.31. The highest BCUT2D eigenvalue weighted by atomic mass is 19.4. The average molecular weight is 362 g/mol. The minimum atomic E-state index is -4.76. The zero-order valence-corrected chi connectivity index (χ0v) is 13.6. The molecule has 0 aliphatic heterocycles. The molecule has 26 heavy (non-hydrogen) atoms. The van der Waals surface area contributed by atoms with Crippen molar-refractivity contribution in [3.63, 3.8) is 0 Å². The summed E-state index contributed by atoms with van der Waals surface area (Å²) in [6, 6.07) is 12.8. The van der Waals surface area contributed by atoms with E-state index < -0.39 is 23.7 Å². The van der Waals surface area contributed by atoms with Gasteiger partial charge in [0.05, 0.1) is 18.2 Å². The molecule has 5 nitrogen and oxygen atoms in total. The van der Waals surface area contributed by atoms with E-state index in [2.05, 4.69) is 14.7 Å². The molecular formula is C18H13F3N2O3. The minimum absolute atomic E-state index is 0.00999. The molecule has 3 rings (SSSR count). The van der Waals surface area contributed by atoms with E-state index in [0.717, 1.165) is 0 Å². The Labute approximate surface area is 146 Å². The standard InChI is InChI=1S/C18H13F3N2O3/c1-25-17(24)12-8-5-9-13-14(12)23-16(15(22-13)18(19,20)21)26-10-11-6-3-2-4-7-11/h2-9H,10H2,1H3. The molecule has 0 aliphatic rings. The first-order valence-corrected chi connectivity index (χ1v) is 7.53. The van der Waals surface area contributed by atoms with E-state index in [1.807, 2.05) is 0 Å². The van der Waals surface area contributed by atoms with Crippen LogP contribution in [0.15, 0.2) is 48.5 Å². The highest BCUT2D eigenvalue weighted by Gasteiger charge is 2.38. The number of rotatable bonds is 4. The van der Waals surface area contributed by atoms with Crippen LogP contribution in [0.5, 0.6) is 5.88 Å². The molecule has 0 saturated carbocycles. The molecule has 0 atom stereocenters. The van der Waals surface area contributed by atoms with E-state index in [1.54, 1.807) is 30.3 Å². The van der Waals surface area contributed by atoms with Crippen molar-refractivity contribution in [1.82, 2.24) is 9.97 Å². The second kappa shape index (κ2) is 6.99. The molecule has 0 radical (unpaired) electrons. The van der Waals surface area contributed by atoms with Crippen molar-refractivity contribution in [3.05, 3.63) is 65.4 Å². The fourth-order valence-corrected chi connectivity index (χ4v) is 2.35. The maximum atomic E-state index is 13.4. The van der Waals surface area contributed by atoms with Gasteiger partial charge in [0, 0.05) is 0 Å². The first kappa shape index (κ1) is 17.7. The number of alkyl halides is 3. The lowest BCUT2D eigenvalue weighted by Crippen LogP contribution is -2.14. The minimum Gasteiger partial charge on any atom is -0.471 e. The summed E-state index contributed by atoms with van der Waals surface area (Å²) in [5.41, 5.74) is -0.662. The van der Waals surface area contributed by atoms with E-state index in [-0.39, 0.29) is 23.2 Å². The van der Waals surface area contributed by atoms with Crippen LogP contribution in [0.25, 0.3) is 11.0 Å². The molecule has 0 fully saturated rings. The van der Waals surface area contributed by atoms with E-state index in [0.29, 0.717) is 5.56 Å². The van der Waals surface area contributed by atoms with Crippen LogP contribution in [0.3, 0.4) is 0 Å². The van der Waals surface area contributed by atoms with Crippen molar-refractivity contribution in [1.29, 1.82) is 0 Å². The molecular weight excluding hydrogens is 349 g/mol. The summed E-state index contributed by atoms with van der Waals surface area (Å²) in [4.78, 5) is 19.4. The summed E-state index contributed by atoms with van der Waals surface area (Å²) in [5.74, 6) is -1.41. The maximum absolute atomic E-state index is 13.4. The summed E-state index contributed by atoms with van der Waals surface area (Å²) in [5, 5.41) is 0. The quantitative estimate of drug-likeness (QED) is 0.656. The molecule has 0 amide bonds. The van der Waals surface area contributed by atoms with Crippen LogP contribution in [-0.4, -0.2) is 23.0 Å². The molecule has 3 aromatic rings. The topological polar surface area (TPSA) is 61.3 Å². The Bertz CT molecular complexity index is 944. The van der Waals surface area contributed by atoms with Crippen molar-refractivity contribution < 1.29 is 27.4 Å². The number of aromatic nitrogens is 2. The largest absolute Gasteiger partial charge is 0.471 e. The van der Waals surface area contributed by atoms with Gasteiger partial charge in [-0.2, -0.15) is 13.2 Å². The van der Waals surface area contributed by atoms with Crippen LogP contribution in [0.1, 0.15) is 21.6 Å². The van der Waals surface area contributed by atoms with Gasteiger partial charge in [-0.15, -0.1) is 0 Å². The van der Waals surface area contributed by atoms with Crippen molar-refractivity contribution in [3.8, 4) is 5.88 Å². The van der Waals surface area contributed by atoms with Crippen LogP contribution in [0.2, 0.25) is 0 Å². The number of nitrogens with zero attached hydrogens (tertiary/aromatic N) is 2. The Morgan fingerprint density at radius 1 is 1.04 bits per heavy atom. The monoisotopic (exact) mass is 362 g/mol. The van der Waals surface area contributed by atoms with Gasteiger partial charge in [-0.1, -0.05) is 36.4 Å². The van der Waals surface area contributed by atoms with Gasteiger partial charge in [0.15, 0.2) is 0 Å². The van der Waals surface area contributed by atoms with Gasteiger partial charge in [-0.05, 0) is 17.7 Å². The molecule has 0 bridgehead atoms. The molecule has 134 valence electrons. The van der Waals surface area contributed by atoms with Gasteiger partial charge in [0.1, 0.15) is 12.1 Å². The van der Waals surface area contributed by atoms with Crippen LogP contribution >= 0.6 is 0 Å². The summed E-state index contributed by atoms with van der Waals surface area (Å²) >= 11 is 0. The molecule has 8 heteroatoms.